The second-order valence-corrected chi connectivity index (χ2v) is 7.41. The van der Waals surface area contributed by atoms with Crippen LogP contribution in [0.1, 0.15) is 43.7 Å². The van der Waals surface area contributed by atoms with Gasteiger partial charge in [0.15, 0.2) is 11.6 Å². The average molecular weight is 402 g/mol. The Balaban J connectivity index is 2.16. The van der Waals surface area contributed by atoms with Crippen molar-refractivity contribution in [3.05, 3.63) is 59.2 Å². The van der Waals surface area contributed by atoms with Gasteiger partial charge in [0.1, 0.15) is 11.9 Å². The molecule has 2 atom stereocenters. The summed E-state index contributed by atoms with van der Waals surface area (Å²) in [6.07, 6.45) is 2.38. The molecule has 1 heterocycles. The summed E-state index contributed by atoms with van der Waals surface area (Å²) in [6.45, 7) is 3.88. The van der Waals surface area contributed by atoms with E-state index in [1.165, 1.54) is 25.3 Å². The summed E-state index contributed by atoms with van der Waals surface area (Å²) in [5.41, 5.74) is 2.53. The molecule has 3 rings (SSSR count). The zero-order chi connectivity index (χ0) is 21.1. The third kappa shape index (κ3) is 4.65. The lowest BCUT2D eigenvalue weighted by molar-refractivity contribution is -0.156. The van der Waals surface area contributed by atoms with Crippen LogP contribution in [0.25, 0.3) is 17.2 Å². The largest absolute Gasteiger partial charge is 0.493 e. The number of cyclic esters (lactones) is 1. The predicted molar refractivity (Wildman–Crippen MR) is 107 cm³/mol. The highest BCUT2D eigenvalue weighted by Gasteiger charge is 2.26. The van der Waals surface area contributed by atoms with Gasteiger partial charge in [-0.3, -0.25) is 4.79 Å². The number of methoxy groups -OCH3 is 1. The number of rotatable bonds is 5. The molecule has 4 nitrogen and oxygen atoms in total. The molecular weight excluding hydrogens is 378 g/mol. The van der Waals surface area contributed by atoms with Crippen LogP contribution >= 0.6 is 0 Å². The molecule has 0 radical (unpaired) electrons. The molecule has 0 bridgehead atoms. The molecule has 0 aliphatic carbocycles. The van der Waals surface area contributed by atoms with Crippen molar-refractivity contribution in [2.24, 2.45) is 0 Å². The second-order valence-electron chi connectivity index (χ2n) is 7.41. The smallest absolute Gasteiger partial charge is 0.309 e. The fourth-order valence-electron chi connectivity index (χ4n) is 3.56. The maximum absolute atomic E-state index is 14.8. The zero-order valence-corrected chi connectivity index (χ0v) is 16.6. The van der Waals surface area contributed by atoms with Crippen molar-refractivity contribution in [1.82, 2.24) is 0 Å². The molecule has 1 saturated heterocycles. The van der Waals surface area contributed by atoms with Crippen LogP contribution in [0.3, 0.4) is 0 Å². The lowest BCUT2D eigenvalue weighted by atomic mass is 9.88. The number of hydrogen-bond donors (Lipinski definition) is 1. The van der Waals surface area contributed by atoms with E-state index in [0.717, 1.165) is 5.56 Å². The van der Waals surface area contributed by atoms with Gasteiger partial charge in [-0.15, -0.1) is 0 Å². The Morgan fingerprint density at radius 1 is 1.24 bits per heavy atom. The number of aliphatic hydroxyl groups is 1. The number of aliphatic hydroxyl groups excluding tert-OH is 1. The van der Waals surface area contributed by atoms with E-state index in [1.807, 2.05) is 13.8 Å². The third-order valence-corrected chi connectivity index (χ3v) is 4.93. The highest BCUT2D eigenvalue weighted by molar-refractivity contribution is 5.83. The number of ether oxygens (including phenoxy) is 2. The van der Waals surface area contributed by atoms with Crippen LogP contribution in [0, 0.1) is 11.6 Å². The Hall–Kier alpha value is -2.73. The predicted octanol–water partition coefficient (Wildman–Crippen LogP) is 4.84. The van der Waals surface area contributed by atoms with Gasteiger partial charge >= 0.3 is 5.97 Å². The first-order valence-electron chi connectivity index (χ1n) is 9.52. The van der Waals surface area contributed by atoms with Crippen LogP contribution in [-0.2, 0) is 9.53 Å². The molecule has 1 aliphatic heterocycles. The summed E-state index contributed by atoms with van der Waals surface area (Å²) in [5.74, 6) is -1.31. The normalized spacial score (nSPS) is 19.6. The zero-order valence-electron chi connectivity index (χ0n) is 16.6. The maximum atomic E-state index is 14.8. The maximum Gasteiger partial charge on any atom is 0.309 e. The van der Waals surface area contributed by atoms with Gasteiger partial charge in [0.05, 0.1) is 19.6 Å². The summed E-state index contributed by atoms with van der Waals surface area (Å²) in [6, 6.07) is 7.18. The molecule has 2 aromatic carbocycles. The summed E-state index contributed by atoms with van der Waals surface area (Å²) in [4.78, 5) is 11.6. The molecule has 0 unspecified atom stereocenters. The minimum Gasteiger partial charge on any atom is -0.493 e. The molecule has 0 spiro atoms. The van der Waals surface area contributed by atoms with Crippen molar-refractivity contribution < 1.29 is 28.2 Å². The van der Waals surface area contributed by atoms with Crippen LogP contribution in [-0.4, -0.2) is 30.4 Å². The molecule has 1 aliphatic rings. The molecule has 1 fully saturated rings. The molecule has 0 amide bonds. The van der Waals surface area contributed by atoms with E-state index in [4.69, 9.17) is 9.47 Å². The van der Waals surface area contributed by atoms with Gasteiger partial charge in [-0.25, -0.2) is 8.78 Å². The molecule has 0 saturated carbocycles. The van der Waals surface area contributed by atoms with Gasteiger partial charge in [0, 0.05) is 12.0 Å². The SMILES string of the molecule is COc1c(F)cc(C(C)C)c(/C=C/[C@H]2C[C@H](O)CC(=O)O2)c1-c1ccc(F)cc1. The Kier molecular flexibility index (Phi) is 6.33. The highest BCUT2D eigenvalue weighted by atomic mass is 19.1. The fraction of sp³-hybridized carbons (Fsp3) is 0.348. The van der Waals surface area contributed by atoms with Gasteiger partial charge in [0.25, 0.3) is 0 Å². The van der Waals surface area contributed by atoms with E-state index in [2.05, 4.69) is 0 Å². The quantitative estimate of drug-likeness (QED) is 0.727. The van der Waals surface area contributed by atoms with Crippen molar-refractivity contribution >= 4 is 12.0 Å². The number of hydrogen-bond acceptors (Lipinski definition) is 4. The van der Waals surface area contributed by atoms with E-state index in [1.54, 1.807) is 24.3 Å². The van der Waals surface area contributed by atoms with E-state index >= 15 is 0 Å². The van der Waals surface area contributed by atoms with Crippen molar-refractivity contribution in [2.75, 3.05) is 7.11 Å². The molecular formula is C23H24F2O4. The van der Waals surface area contributed by atoms with E-state index in [0.29, 0.717) is 23.1 Å². The van der Waals surface area contributed by atoms with E-state index in [-0.39, 0.29) is 18.1 Å². The Morgan fingerprint density at radius 3 is 2.52 bits per heavy atom. The standard InChI is InChI=1S/C23H24F2O4/c1-13(2)19-12-20(25)23(28-3)22(14-4-6-15(24)7-5-14)18(19)9-8-17-10-16(26)11-21(27)29-17/h4-9,12-13,16-17,26H,10-11H2,1-3H3/b9-8+/t16-,17-/m0/s1. The number of benzene rings is 2. The Morgan fingerprint density at radius 2 is 1.93 bits per heavy atom. The van der Waals surface area contributed by atoms with Crippen molar-refractivity contribution in [3.63, 3.8) is 0 Å². The van der Waals surface area contributed by atoms with Crippen molar-refractivity contribution in [1.29, 1.82) is 0 Å². The number of esters is 1. The van der Waals surface area contributed by atoms with Crippen LogP contribution in [0.4, 0.5) is 8.78 Å². The Bertz CT molecular complexity index is 919. The number of carbonyl (C=O) groups is 1. The van der Waals surface area contributed by atoms with Gasteiger partial charge in [-0.2, -0.15) is 0 Å². The van der Waals surface area contributed by atoms with Crippen molar-refractivity contribution in [3.8, 4) is 16.9 Å². The summed E-state index contributed by atoms with van der Waals surface area (Å²) >= 11 is 0. The van der Waals surface area contributed by atoms with Crippen LogP contribution in [0.2, 0.25) is 0 Å². The molecule has 154 valence electrons. The summed E-state index contributed by atoms with van der Waals surface area (Å²) in [7, 11) is 1.38. The van der Waals surface area contributed by atoms with E-state index < -0.39 is 29.8 Å². The minimum absolute atomic E-state index is 0.00579. The summed E-state index contributed by atoms with van der Waals surface area (Å²) < 4.78 is 38.8. The van der Waals surface area contributed by atoms with Gasteiger partial charge in [0.2, 0.25) is 0 Å². The third-order valence-electron chi connectivity index (χ3n) is 4.93. The topological polar surface area (TPSA) is 55.8 Å². The van der Waals surface area contributed by atoms with Crippen LogP contribution < -0.4 is 4.74 Å². The molecule has 2 aromatic rings. The second kappa shape index (κ2) is 8.74. The Labute approximate surface area is 168 Å². The summed E-state index contributed by atoms with van der Waals surface area (Å²) in [5, 5.41) is 9.83. The van der Waals surface area contributed by atoms with Gasteiger partial charge < -0.3 is 14.6 Å². The van der Waals surface area contributed by atoms with Crippen LogP contribution in [0.15, 0.2) is 36.4 Å². The molecule has 29 heavy (non-hydrogen) atoms. The molecule has 0 aromatic heterocycles. The highest BCUT2D eigenvalue weighted by Crippen LogP contribution is 2.41. The van der Waals surface area contributed by atoms with Crippen molar-refractivity contribution in [2.45, 2.75) is 44.8 Å². The van der Waals surface area contributed by atoms with Crippen LogP contribution in [0.5, 0.6) is 5.75 Å². The number of halogens is 2. The minimum atomic E-state index is -0.755. The fourth-order valence-corrected chi connectivity index (χ4v) is 3.56. The van der Waals surface area contributed by atoms with Gasteiger partial charge in [-0.1, -0.05) is 32.1 Å². The van der Waals surface area contributed by atoms with Gasteiger partial charge in [-0.05, 0) is 46.9 Å². The first kappa shape index (κ1) is 21.0. The lowest BCUT2D eigenvalue weighted by Gasteiger charge is -2.24. The monoisotopic (exact) mass is 402 g/mol. The molecule has 6 heteroatoms. The average Bonchev–Trinajstić information content (AvgIpc) is 2.66. The lowest BCUT2D eigenvalue weighted by Crippen LogP contribution is -2.31. The molecule has 1 N–H and O–H groups in total. The first-order valence-corrected chi connectivity index (χ1v) is 9.52. The number of carbonyl (C=O) groups excluding carboxylic acids is 1. The first-order chi connectivity index (χ1) is 13.8. The van der Waals surface area contributed by atoms with E-state index in [9.17, 15) is 18.7 Å².